The molecule has 0 saturated carbocycles. The third kappa shape index (κ3) is 4.60. The van der Waals surface area contributed by atoms with E-state index < -0.39 is 0 Å². The summed E-state index contributed by atoms with van der Waals surface area (Å²) in [5.74, 6) is 2.10. The van der Waals surface area contributed by atoms with Crippen molar-refractivity contribution in [3.05, 3.63) is 71.1 Å². The van der Waals surface area contributed by atoms with Crippen LogP contribution < -0.4 is 4.74 Å². The van der Waals surface area contributed by atoms with E-state index >= 15 is 0 Å². The van der Waals surface area contributed by atoms with E-state index in [1.54, 1.807) is 0 Å². The van der Waals surface area contributed by atoms with Gasteiger partial charge in [0.25, 0.3) is 11.1 Å². The molecule has 0 bridgehead atoms. The molecule has 0 unspecified atom stereocenters. The Labute approximate surface area is 139 Å². The van der Waals surface area contributed by atoms with Gasteiger partial charge in [-0.1, -0.05) is 53.7 Å². The monoisotopic (exact) mass is 326 g/mol. The van der Waals surface area contributed by atoms with Gasteiger partial charge in [-0.25, -0.2) is 0 Å². The van der Waals surface area contributed by atoms with Crippen LogP contribution in [-0.2, 0) is 12.4 Å². The second-order valence-electron chi connectivity index (χ2n) is 5.34. The SMILES string of the molecule is Cc1cccc(CSc2nnc(COc3cccc(C)c3)o2)c1. The molecule has 0 fully saturated rings. The van der Waals surface area contributed by atoms with Gasteiger partial charge in [-0.05, 0) is 37.1 Å². The molecule has 0 spiro atoms. The summed E-state index contributed by atoms with van der Waals surface area (Å²) < 4.78 is 11.3. The first-order valence-corrected chi connectivity index (χ1v) is 8.38. The highest BCUT2D eigenvalue weighted by Crippen LogP contribution is 2.22. The summed E-state index contributed by atoms with van der Waals surface area (Å²) >= 11 is 1.53. The molecule has 1 heterocycles. The second-order valence-corrected chi connectivity index (χ2v) is 6.27. The Kier molecular flexibility index (Phi) is 4.98. The number of aromatic nitrogens is 2. The molecule has 0 aliphatic rings. The Morgan fingerprint density at radius 1 is 1.00 bits per heavy atom. The molecule has 0 N–H and O–H groups in total. The van der Waals surface area contributed by atoms with Gasteiger partial charge in [0.1, 0.15) is 5.75 Å². The van der Waals surface area contributed by atoms with E-state index in [1.165, 1.54) is 22.9 Å². The molecule has 4 nitrogen and oxygen atoms in total. The first kappa shape index (κ1) is 15.6. The van der Waals surface area contributed by atoms with Crippen LogP contribution >= 0.6 is 11.8 Å². The number of hydrogen-bond donors (Lipinski definition) is 0. The van der Waals surface area contributed by atoms with Crippen LogP contribution in [0.2, 0.25) is 0 Å². The van der Waals surface area contributed by atoms with Gasteiger partial charge in [-0.15, -0.1) is 10.2 Å². The van der Waals surface area contributed by atoms with Crippen LogP contribution in [0, 0.1) is 13.8 Å². The Morgan fingerprint density at radius 3 is 2.57 bits per heavy atom. The van der Waals surface area contributed by atoms with E-state index in [9.17, 15) is 0 Å². The zero-order chi connectivity index (χ0) is 16.1. The molecule has 2 aromatic carbocycles. The van der Waals surface area contributed by atoms with Gasteiger partial charge in [0.15, 0.2) is 6.61 Å². The summed E-state index contributed by atoms with van der Waals surface area (Å²) in [6, 6.07) is 16.3. The molecule has 0 amide bonds. The molecular formula is C18H18N2O2S. The maximum atomic E-state index is 5.66. The summed E-state index contributed by atoms with van der Waals surface area (Å²) in [6.45, 7) is 4.39. The molecule has 23 heavy (non-hydrogen) atoms. The van der Waals surface area contributed by atoms with Crippen molar-refractivity contribution >= 4 is 11.8 Å². The molecule has 118 valence electrons. The Hall–Kier alpha value is -2.27. The van der Waals surface area contributed by atoms with Crippen LogP contribution in [0.5, 0.6) is 5.75 Å². The van der Waals surface area contributed by atoms with Crippen molar-refractivity contribution in [3.8, 4) is 5.75 Å². The lowest BCUT2D eigenvalue weighted by molar-refractivity contribution is 0.252. The molecule has 0 radical (unpaired) electrons. The maximum Gasteiger partial charge on any atom is 0.277 e. The summed E-state index contributed by atoms with van der Waals surface area (Å²) in [4.78, 5) is 0. The topological polar surface area (TPSA) is 48.2 Å². The Bertz CT molecular complexity index is 722. The van der Waals surface area contributed by atoms with Crippen LogP contribution in [-0.4, -0.2) is 10.2 Å². The smallest absolute Gasteiger partial charge is 0.277 e. The number of rotatable bonds is 6. The first-order chi connectivity index (χ1) is 11.2. The molecule has 0 aliphatic heterocycles. The van der Waals surface area contributed by atoms with E-state index in [1.807, 2.05) is 31.2 Å². The van der Waals surface area contributed by atoms with Crippen molar-refractivity contribution in [2.75, 3.05) is 0 Å². The molecule has 1 aromatic heterocycles. The lowest BCUT2D eigenvalue weighted by Crippen LogP contribution is -1.95. The fourth-order valence-corrected chi connectivity index (χ4v) is 2.88. The zero-order valence-electron chi connectivity index (χ0n) is 13.2. The Balaban J connectivity index is 1.53. The first-order valence-electron chi connectivity index (χ1n) is 7.39. The summed E-state index contributed by atoms with van der Waals surface area (Å²) in [6.07, 6.45) is 0. The fraction of sp³-hybridized carbons (Fsp3) is 0.222. The highest BCUT2D eigenvalue weighted by Gasteiger charge is 2.08. The molecular weight excluding hydrogens is 308 g/mol. The normalized spacial score (nSPS) is 10.7. The maximum absolute atomic E-state index is 5.66. The van der Waals surface area contributed by atoms with E-state index in [-0.39, 0.29) is 6.61 Å². The summed E-state index contributed by atoms with van der Waals surface area (Å²) in [5, 5.41) is 8.64. The van der Waals surface area contributed by atoms with Crippen LogP contribution in [0.15, 0.2) is 58.2 Å². The molecule has 0 saturated heterocycles. The van der Waals surface area contributed by atoms with E-state index in [2.05, 4.69) is 41.4 Å². The average molecular weight is 326 g/mol. The van der Waals surface area contributed by atoms with E-state index in [4.69, 9.17) is 9.15 Å². The minimum atomic E-state index is 0.279. The van der Waals surface area contributed by atoms with Gasteiger partial charge in [0.05, 0.1) is 0 Å². The predicted molar refractivity (Wildman–Crippen MR) is 90.5 cm³/mol. The molecule has 5 heteroatoms. The van der Waals surface area contributed by atoms with Gasteiger partial charge < -0.3 is 9.15 Å². The Morgan fingerprint density at radius 2 is 1.78 bits per heavy atom. The minimum Gasteiger partial charge on any atom is -0.484 e. The van der Waals surface area contributed by atoms with E-state index in [0.29, 0.717) is 11.1 Å². The minimum absolute atomic E-state index is 0.279. The summed E-state index contributed by atoms with van der Waals surface area (Å²) in [5.41, 5.74) is 3.65. The number of hydrogen-bond acceptors (Lipinski definition) is 5. The standard InChI is InChI=1S/C18H18N2O2S/c1-13-5-3-7-15(9-13)12-23-18-20-19-17(22-18)11-21-16-8-4-6-14(2)10-16/h3-10H,11-12H2,1-2H3. The average Bonchev–Trinajstić information content (AvgIpc) is 2.99. The number of ether oxygens (including phenoxy) is 1. The molecule has 0 aliphatic carbocycles. The lowest BCUT2D eigenvalue weighted by Gasteiger charge is -2.03. The second kappa shape index (κ2) is 7.33. The predicted octanol–water partition coefficient (Wildman–Crippen LogP) is 4.56. The highest BCUT2D eigenvalue weighted by atomic mass is 32.2. The number of aryl methyl sites for hydroxylation is 2. The van der Waals surface area contributed by atoms with Crippen molar-refractivity contribution in [2.24, 2.45) is 0 Å². The number of benzene rings is 2. The molecule has 0 atom stereocenters. The van der Waals surface area contributed by atoms with Gasteiger partial charge >= 0.3 is 0 Å². The van der Waals surface area contributed by atoms with Crippen molar-refractivity contribution in [1.29, 1.82) is 0 Å². The zero-order valence-corrected chi connectivity index (χ0v) is 14.0. The van der Waals surface area contributed by atoms with Crippen molar-refractivity contribution in [2.45, 2.75) is 31.4 Å². The number of thioether (sulfide) groups is 1. The molecule has 3 rings (SSSR count). The highest BCUT2D eigenvalue weighted by molar-refractivity contribution is 7.98. The number of nitrogens with zero attached hydrogens (tertiary/aromatic N) is 2. The third-order valence-corrected chi connectivity index (χ3v) is 4.13. The van der Waals surface area contributed by atoms with Gasteiger partial charge in [0, 0.05) is 5.75 Å². The lowest BCUT2D eigenvalue weighted by atomic mass is 10.2. The van der Waals surface area contributed by atoms with Crippen LogP contribution in [0.25, 0.3) is 0 Å². The van der Waals surface area contributed by atoms with Crippen molar-refractivity contribution in [1.82, 2.24) is 10.2 Å². The van der Waals surface area contributed by atoms with Crippen LogP contribution in [0.4, 0.5) is 0 Å². The van der Waals surface area contributed by atoms with Crippen LogP contribution in [0.1, 0.15) is 22.6 Å². The quantitative estimate of drug-likeness (QED) is 0.622. The van der Waals surface area contributed by atoms with Crippen LogP contribution in [0.3, 0.4) is 0 Å². The molecule has 3 aromatic rings. The largest absolute Gasteiger partial charge is 0.484 e. The van der Waals surface area contributed by atoms with Gasteiger partial charge in [-0.2, -0.15) is 0 Å². The third-order valence-electron chi connectivity index (χ3n) is 3.24. The van der Waals surface area contributed by atoms with E-state index in [0.717, 1.165) is 17.1 Å². The van der Waals surface area contributed by atoms with Gasteiger partial charge in [0.2, 0.25) is 0 Å². The van der Waals surface area contributed by atoms with Crippen molar-refractivity contribution in [3.63, 3.8) is 0 Å². The van der Waals surface area contributed by atoms with Crippen molar-refractivity contribution < 1.29 is 9.15 Å². The summed E-state index contributed by atoms with van der Waals surface area (Å²) in [7, 11) is 0. The van der Waals surface area contributed by atoms with Gasteiger partial charge in [-0.3, -0.25) is 0 Å². The fourth-order valence-electron chi connectivity index (χ4n) is 2.15.